The number of hydrogen-bond acceptors (Lipinski definition) is 5. The van der Waals surface area contributed by atoms with Gasteiger partial charge in [-0.1, -0.05) is 30.3 Å². The normalized spacial score (nSPS) is 12.6. The smallest absolute Gasteiger partial charge is 0.491 e. The van der Waals surface area contributed by atoms with Crippen molar-refractivity contribution in [2.75, 3.05) is 13.7 Å². The first kappa shape index (κ1) is 22.4. The fourth-order valence-corrected chi connectivity index (χ4v) is 3.25. The Morgan fingerprint density at radius 2 is 1.64 bits per heavy atom. The number of para-hydroxylation sites is 1. The van der Waals surface area contributed by atoms with Gasteiger partial charge in [-0.15, -0.1) is 18.3 Å². The van der Waals surface area contributed by atoms with Crippen LogP contribution in [0.1, 0.15) is 0 Å². The van der Waals surface area contributed by atoms with Crippen molar-refractivity contribution >= 4 is 5.65 Å². The highest BCUT2D eigenvalue weighted by atomic mass is 19.4. The molecule has 33 heavy (non-hydrogen) atoms. The minimum Gasteiger partial charge on any atom is -0.491 e. The second kappa shape index (κ2) is 9.37. The van der Waals surface area contributed by atoms with Gasteiger partial charge in [0.2, 0.25) is 0 Å². The summed E-state index contributed by atoms with van der Waals surface area (Å²) in [4.78, 5) is 12.9. The van der Waals surface area contributed by atoms with Gasteiger partial charge in [0.05, 0.1) is 6.54 Å². The first-order valence-electron chi connectivity index (χ1n) is 9.98. The van der Waals surface area contributed by atoms with E-state index in [0.29, 0.717) is 22.5 Å². The number of hydrogen-bond donors (Lipinski definition) is 0. The van der Waals surface area contributed by atoms with Crippen LogP contribution in [0, 0.1) is 0 Å². The predicted molar refractivity (Wildman–Crippen MR) is 114 cm³/mol. The largest absolute Gasteiger partial charge is 0.573 e. The minimum absolute atomic E-state index is 0.183. The molecule has 10 heteroatoms. The lowest BCUT2D eigenvalue weighted by Crippen LogP contribution is -2.32. The summed E-state index contributed by atoms with van der Waals surface area (Å²) in [5.41, 5.74) is 1.32. The summed E-state index contributed by atoms with van der Waals surface area (Å²) in [5.74, 6) is 0.374. The van der Waals surface area contributed by atoms with Crippen LogP contribution in [-0.2, 0) is 11.3 Å². The van der Waals surface area contributed by atoms with Crippen LogP contribution >= 0.6 is 0 Å². The fourth-order valence-electron chi connectivity index (χ4n) is 3.25. The Bertz CT molecular complexity index is 1270. The van der Waals surface area contributed by atoms with Crippen molar-refractivity contribution in [2.24, 2.45) is 0 Å². The molecule has 2 aromatic carbocycles. The van der Waals surface area contributed by atoms with Crippen LogP contribution in [0.3, 0.4) is 0 Å². The van der Waals surface area contributed by atoms with Gasteiger partial charge in [0.15, 0.2) is 5.65 Å². The molecule has 0 spiro atoms. The maximum atomic E-state index is 12.9. The van der Waals surface area contributed by atoms with Crippen molar-refractivity contribution < 1.29 is 27.4 Å². The maximum Gasteiger partial charge on any atom is 0.573 e. The fraction of sp³-hybridized carbons (Fsp3) is 0.217. The minimum atomic E-state index is -4.76. The molecule has 1 unspecified atom stereocenters. The Hall–Kier alpha value is -3.79. The lowest BCUT2D eigenvalue weighted by atomic mass is 10.1. The van der Waals surface area contributed by atoms with Gasteiger partial charge in [0.25, 0.3) is 0 Å². The summed E-state index contributed by atoms with van der Waals surface area (Å²) in [6.07, 6.45) is -3.58. The topological polar surface area (TPSA) is 67.0 Å². The molecule has 0 amide bonds. The number of alkyl halides is 3. The first-order valence-corrected chi connectivity index (χ1v) is 9.98. The van der Waals surface area contributed by atoms with Crippen molar-refractivity contribution in [3.05, 3.63) is 83.4 Å². The number of methoxy groups -OCH3 is 1. The second-order valence-electron chi connectivity index (χ2n) is 7.16. The number of fused-ring (bicyclic) bond motifs is 1. The van der Waals surface area contributed by atoms with E-state index in [4.69, 9.17) is 9.47 Å². The van der Waals surface area contributed by atoms with Crippen LogP contribution in [0.5, 0.6) is 11.5 Å². The van der Waals surface area contributed by atoms with Crippen molar-refractivity contribution in [3.8, 4) is 22.6 Å². The quantitative estimate of drug-likeness (QED) is 0.396. The van der Waals surface area contributed by atoms with Gasteiger partial charge in [-0.05, 0) is 47.5 Å². The Morgan fingerprint density at radius 1 is 0.939 bits per heavy atom. The number of halogens is 3. The molecule has 0 bridgehead atoms. The third-order valence-corrected chi connectivity index (χ3v) is 4.89. The summed E-state index contributed by atoms with van der Waals surface area (Å²) >= 11 is 0. The molecule has 0 aliphatic rings. The van der Waals surface area contributed by atoms with Gasteiger partial charge in [-0.2, -0.15) is 0 Å². The number of nitrogens with zero attached hydrogens (tertiary/aromatic N) is 3. The van der Waals surface area contributed by atoms with E-state index in [1.165, 1.54) is 40.5 Å². The number of benzene rings is 2. The van der Waals surface area contributed by atoms with Gasteiger partial charge in [0.1, 0.15) is 24.2 Å². The molecule has 0 N–H and O–H groups in total. The van der Waals surface area contributed by atoms with E-state index in [1.807, 2.05) is 30.3 Å². The third-order valence-electron chi connectivity index (χ3n) is 4.89. The number of pyridine rings is 1. The SMILES string of the molecule is COC(COc1ccccc1)Cn1nc2ccc(-c3ccc(OC(F)(F)F)cc3)cn2c1=O. The Labute approximate surface area is 186 Å². The van der Waals surface area contributed by atoms with Gasteiger partial charge < -0.3 is 14.2 Å². The third kappa shape index (κ3) is 5.53. The van der Waals surface area contributed by atoms with Gasteiger partial charge in [-0.3, -0.25) is 0 Å². The van der Waals surface area contributed by atoms with E-state index in [9.17, 15) is 18.0 Å². The highest BCUT2D eigenvalue weighted by molar-refractivity contribution is 5.65. The summed E-state index contributed by atoms with van der Waals surface area (Å²) in [6.45, 7) is 0.418. The number of rotatable bonds is 8. The maximum absolute atomic E-state index is 12.9. The standard InChI is InChI=1S/C23H20F3N3O4/c1-31-20(15-32-18-5-3-2-4-6-18)14-29-22(30)28-13-17(9-12-21(28)27-29)16-7-10-19(11-8-16)33-23(24,25)26/h2-13,20H,14-15H2,1H3. The van der Waals surface area contributed by atoms with Crippen LogP contribution in [0.2, 0.25) is 0 Å². The molecule has 0 saturated carbocycles. The molecule has 1 atom stereocenters. The van der Waals surface area contributed by atoms with E-state index < -0.39 is 12.5 Å². The highest BCUT2D eigenvalue weighted by Crippen LogP contribution is 2.26. The summed E-state index contributed by atoms with van der Waals surface area (Å²) in [6, 6.07) is 18.1. The van der Waals surface area contributed by atoms with E-state index >= 15 is 0 Å². The molecule has 4 rings (SSSR count). The average Bonchev–Trinajstić information content (AvgIpc) is 3.11. The average molecular weight is 459 g/mol. The molecule has 0 fully saturated rings. The lowest BCUT2D eigenvalue weighted by molar-refractivity contribution is -0.274. The summed E-state index contributed by atoms with van der Waals surface area (Å²) < 4.78 is 54.8. The second-order valence-corrected chi connectivity index (χ2v) is 7.16. The van der Waals surface area contributed by atoms with E-state index in [2.05, 4.69) is 9.84 Å². The van der Waals surface area contributed by atoms with Crippen LogP contribution in [0.15, 0.2) is 77.7 Å². The monoisotopic (exact) mass is 459 g/mol. The van der Waals surface area contributed by atoms with Crippen molar-refractivity contribution in [1.82, 2.24) is 14.2 Å². The first-order chi connectivity index (χ1) is 15.8. The van der Waals surface area contributed by atoms with Crippen molar-refractivity contribution in [1.29, 1.82) is 0 Å². The molecule has 0 aliphatic carbocycles. The molecule has 2 aromatic heterocycles. The van der Waals surface area contributed by atoms with Crippen LogP contribution in [0.4, 0.5) is 13.2 Å². The van der Waals surface area contributed by atoms with Crippen molar-refractivity contribution in [2.45, 2.75) is 19.0 Å². The molecule has 0 radical (unpaired) electrons. The molecule has 172 valence electrons. The van der Waals surface area contributed by atoms with Crippen molar-refractivity contribution in [3.63, 3.8) is 0 Å². The molecular formula is C23H20F3N3O4. The molecule has 0 saturated heterocycles. The Morgan fingerprint density at radius 3 is 2.30 bits per heavy atom. The van der Waals surface area contributed by atoms with Crippen LogP contribution < -0.4 is 15.2 Å². The van der Waals surface area contributed by atoms with E-state index in [0.717, 1.165) is 0 Å². The highest BCUT2D eigenvalue weighted by Gasteiger charge is 2.31. The Kier molecular flexibility index (Phi) is 6.36. The predicted octanol–water partition coefficient (Wildman–Crippen LogP) is 4.16. The number of ether oxygens (including phenoxy) is 3. The molecule has 7 nitrogen and oxygen atoms in total. The lowest BCUT2D eigenvalue weighted by Gasteiger charge is -2.15. The van der Waals surface area contributed by atoms with Gasteiger partial charge in [-0.25, -0.2) is 13.9 Å². The number of aromatic nitrogens is 3. The molecule has 2 heterocycles. The van der Waals surface area contributed by atoms with E-state index in [1.54, 1.807) is 18.3 Å². The summed E-state index contributed by atoms with van der Waals surface area (Å²) in [5, 5.41) is 4.33. The van der Waals surface area contributed by atoms with E-state index in [-0.39, 0.29) is 24.6 Å². The van der Waals surface area contributed by atoms with Gasteiger partial charge in [0, 0.05) is 13.3 Å². The zero-order chi connectivity index (χ0) is 23.4. The van der Waals surface area contributed by atoms with Crippen LogP contribution in [-0.4, -0.2) is 40.4 Å². The Balaban J connectivity index is 1.51. The molecule has 4 aromatic rings. The molecular weight excluding hydrogens is 439 g/mol. The summed E-state index contributed by atoms with van der Waals surface area (Å²) in [7, 11) is 1.53. The zero-order valence-electron chi connectivity index (χ0n) is 17.5. The van der Waals surface area contributed by atoms with Gasteiger partial charge >= 0.3 is 12.1 Å². The van der Waals surface area contributed by atoms with Crippen LogP contribution in [0.25, 0.3) is 16.8 Å². The zero-order valence-corrected chi connectivity index (χ0v) is 17.5. The molecule has 0 aliphatic heterocycles.